The number of anilines is 1. The largest absolute Gasteiger partial charge is 0.378 e. The van der Waals surface area contributed by atoms with Gasteiger partial charge in [-0.25, -0.2) is 9.97 Å². The van der Waals surface area contributed by atoms with Crippen molar-refractivity contribution in [3.05, 3.63) is 17.6 Å². The molecule has 1 atom stereocenters. The number of piperidine rings is 1. The Morgan fingerprint density at radius 2 is 2.10 bits per heavy atom. The number of aromatic nitrogens is 2. The molecule has 3 rings (SSSR count). The van der Waals surface area contributed by atoms with E-state index >= 15 is 0 Å². The summed E-state index contributed by atoms with van der Waals surface area (Å²) in [4.78, 5) is 11.6. The van der Waals surface area contributed by atoms with Gasteiger partial charge in [-0.3, -0.25) is 0 Å². The van der Waals surface area contributed by atoms with Gasteiger partial charge in [0.05, 0.1) is 24.9 Å². The van der Waals surface area contributed by atoms with Crippen molar-refractivity contribution in [2.45, 2.75) is 32.7 Å². The summed E-state index contributed by atoms with van der Waals surface area (Å²) in [6.07, 6.45) is 2.51. The first-order valence-electron chi connectivity index (χ1n) is 7.64. The normalized spacial score (nSPS) is 24.9. The van der Waals surface area contributed by atoms with E-state index in [-0.39, 0.29) is 6.04 Å². The number of rotatable bonds is 2. The summed E-state index contributed by atoms with van der Waals surface area (Å²) in [6, 6.07) is 2.34. The molecule has 0 bridgehead atoms. The van der Waals surface area contributed by atoms with Crippen LogP contribution in [0.3, 0.4) is 0 Å². The Labute approximate surface area is 120 Å². The number of nitrogens with zero attached hydrogens (tertiary/aromatic N) is 3. The van der Waals surface area contributed by atoms with Gasteiger partial charge in [0.1, 0.15) is 11.6 Å². The van der Waals surface area contributed by atoms with Crippen molar-refractivity contribution >= 4 is 5.82 Å². The fourth-order valence-corrected chi connectivity index (χ4v) is 2.91. The van der Waals surface area contributed by atoms with Gasteiger partial charge in [0, 0.05) is 25.7 Å². The molecule has 1 aromatic heterocycles. The van der Waals surface area contributed by atoms with Crippen LogP contribution in [0.5, 0.6) is 0 Å². The molecule has 2 aliphatic heterocycles. The van der Waals surface area contributed by atoms with Gasteiger partial charge in [-0.1, -0.05) is 6.92 Å². The van der Waals surface area contributed by atoms with Crippen LogP contribution < -0.4 is 10.2 Å². The molecule has 0 radical (unpaired) electrons. The van der Waals surface area contributed by atoms with Crippen molar-refractivity contribution in [1.82, 2.24) is 15.3 Å². The van der Waals surface area contributed by atoms with Gasteiger partial charge in [-0.2, -0.15) is 0 Å². The highest BCUT2D eigenvalue weighted by Crippen LogP contribution is 2.24. The van der Waals surface area contributed by atoms with Crippen LogP contribution in [0.15, 0.2) is 6.07 Å². The van der Waals surface area contributed by atoms with E-state index in [0.29, 0.717) is 6.61 Å². The van der Waals surface area contributed by atoms with E-state index in [4.69, 9.17) is 4.74 Å². The molecule has 1 N–H and O–H groups in total. The minimum absolute atomic E-state index is 0.202. The molecule has 3 heterocycles. The summed E-state index contributed by atoms with van der Waals surface area (Å²) in [6.45, 7) is 8.90. The van der Waals surface area contributed by atoms with Crippen LogP contribution in [-0.2, 0) is 4.74 Å². The standard InChI is InChI=1S/C15H24N4O/c1-11-3-6-19(7-4-11)15-9-13(17-12(2)18-15)14-10-20-8-5-16-14/h9,11,14,16H,3-8,10H2,1-2H3/t14-/m1/s1. The Bertz CT molecular complexity index is 451. The van der Waals surface area contributed by atoms with E-state index in [1.165, 1.54) is 12.8 Å². The summed E-state index contributed by atoms with van der Waals surface area (Å²) in [5.74, 6) is 2.76. The average molecular weight is 276 g/mol. The van der Waals surface area contributed by atoms with Gasteiger partial charge < -0.3 is 15.0 Å². The number of aryl methyl sites for hydroxylation is 1. The Morgan fingerprint density at radius 1 is 1.30 bits per heavy atom. The molecule has 20 heavy (non-hydrogen) atoms. The van der Waals surface area contributed by atoms with Crippen molar-refractivity contribution in [1.29, 1.82) is 0 Å². The number of morpholine rings is 1. The molecule has 0 unspecified atom stereocenters. The van der Waals surface area contributed by atoms with Crippen LogP contribution in [0, 0.1) is 12.8 Å². The van der Waals surface area contributed by atoms with Gasteiger partial charge in [0.25, 0.3) is 0 Å². The first-order chi connectivity index (χ1) is 9.72. The van der Waals surface area contributed by atoms with Crippen molar-refractivity contribution in [3.8, 4) is 0 Å². The van der Waals surface area contributed by atoms with Gasteiger partial charge in [0.2, 0.25) is 0 Å². The van der Waals surface area contributed by atoms with E-state index in [2.05, 4.69) is 33.2 Å². The third-order valence-corrected chi connectivity index (χ3v) is 4.23. The second-order valence-corrected chi connectivity index (χ2v) is 5.95. The highest BCUT2D eigenvalue weighted by atomic mass is 16.5. The van der Waals surface area contributed by atoms with Crippen LogP contribution >= 0.6 is 0 Å². The topological polar surface area (TPSA) is 50.3 Å². The van der Waals surface area contributed by atoms with Crippen LogP contribution in [0.4, 0.5) is 5.82 Å². The van der Waals surface area contributed by atoms with Gasteiger partial charge in [0.15, 0.2) is 0 Å². The molecule has 5 nitrogen and oxygen atoms in total. The van der Waals surface area contributed by atoms with E-state index in [1.807, 2.05) is 6.92 Å². The number of nitrogens with one attached hydrogen (secondary N) is 1. The molecule has 110 valence electrons. The molecule has 0 saturated carbocycles. The second kappa shape index (κ2) is 6.06. The van der Waals surface area contributed by atoms with E-state index in [9.17, 15) is 0 Å². The second-order valence-electron chi connectivity index (χ2n) is 5.95. The zero-order chi connectivity index (χ0) is 13.9. The summed E-state index contributed by atoms with van der Waals surface area (Å²) in [5.41, 5.74) is 1.06. The van der Waals surface area contributed by atoms with Gasteiger partial charge in [-0.15, -0.1) is 0 Å². The zero-order valence-electron chi connectivity index (χ0n) is 12.4. The lowest BCUT2D eigenvalue weighted by Crippen LogP contribution is -2.36. The van der Waals surface area contributed by atoms with E-state index in [1.54, 1.807) is 0 Å². The fraction of sp³-hybridized carbons (Fsp3) is 0.733. The first-order valence-corrected chi connectivity index (χ1v) is 7.64. The number of hydrogen-bond acceptors (Lipinski definition) is 5. The van der Waals surface area contributed by atoms with Gasteiger partial charge in [-0.05, 0) is 25.7 Å². The van der Waals surface area contributed by atoms with Crippen molar-refractivity contribution < 1.29 is 4.74 Å². The maximum absolute atomic E-state index is 5.54. The van der Waals surface area contributed by atoms with Crippen LogP contribution in [0.2, 0.25) is 0 Å². The molecule has 2 aliphatic rings. The molecule has 0 aromatic carbocycles. The predicted octanol–water partition coefficient (Wildman–Crippen LogP) is 1.68. The fourth-order valence-electron chi connectivity index (χ4n) is 2.91. The Hall–Kier alpha value is -1.20. The third kappa shape index (κ3) is 3.10. The van der Waals surface area contributed by atoms with Crippen molar-refractivity contribution in [3.63, 3.8) is 0 Å². The summed E-state index contributed by atoms with van der Waals surface area (Å²) in [5, 5.41) is 3.47. The average Bonchev–Trinajstić information content (AvgIpc) is 2.48. The molecular weight excluding hydrogens is 252 g/mol. The number of hydrogen-bond donors (Lipinski definition) is 1. The highest BCUT2D eigenvalue weighted by molar-refractivity contribution is 5.41. The molecule has 5 heteroatoms. The quantitative estimate of drug-likeness (QED) is 0.890. The Balaban J connectivity index is 1.79. The van der Waals surface area contributed by atoms with Crippen LogP contribution in [0.1, 0.15) is 37.3 Å². The third-order valence-electron chi connectivity index (χ3n) is 4.23. The number of ether oxygens (including phenoxy) is 1. The summed E-state index contributed by atoms with van der Waals surface area (Å²) < 4.78 is 5.54. The van der Waals surface area contributed by atoms with Crippen molar-refractivity contribution in [2.24, 2.45) is 5.92 Å². The van der Waals surface area contributed by atoms with Crippen molar-refractivity contribution in [2.75, 3.05) is 37.7 Å². The maximum Gasteiger partial charge on any atom is 0.132 e. The molecule has 0 spiro atoms. The zero-order valence-corrected chi connectivity index (χ0v) is 12.4. The molecule has 2 saturated heterocycles. The molecule has 0 aliphatic carbocycles. The molecular formula is C15H24N4O. The van der Waals surface area contributed by atoms with Gasteiger partial charge >= 0.3 is 0 Å². The van der Waals surface area contributed by atoms with Crippen LogP contribution in [0.25, 0.3) is 0 Å². The van der Waals surface area contributed by atoms with E-state index < -0.39 is 0 Å². The lowest BCUT2D eigenvalue weighted by Gasteiger charge is -2.32. The minimum Gasteiger partial charge on any atom is -0.378 e. The van der Waals surface area contributed by atoms with Crippen LogP contribution in [-0.4, -0.2) is 42.8 Å². The molecule has 1 aromatic rings. The SMILES string of the molecule is Cc1nc([C@H]2COCCN2)cc(N2CCC(C)CC2)n1. The maximum atomic E-state index is 5.54. The summed E-state index contributed by atoms with van der Waals surface area (Å²) >= 11 is 0. The summed E-state index contributed by atoms with van der Waals surface area (Å²) in [7, 11) is 0. The molecule has 2 fully saturated rings. The lowest BCUT2D eigenvalue weighted by molar-refractivity contribution is 0.0755. The monoisotopic (exact) mass is 276 g/mol. The van der Waals surface area contributed by atoms with E-state index in [0.717, 1.165) is 49.5 Å². The minimum atomic E-state index is 0.202. The molecule has 0 amide bonds. The first kappa shape index (κ1) is 13.8. The highest BCUT2D eigenvalue weighted by Gasteiger charge is 2.21. The Kier molecular flexibility index (Phi) is 4.17. The Morgan fingerprint density at radius 3 is 2.80 bits per heavy atom. The predicted molar refractivity (Wildman–Crippen MR) is 78.9 cm³/mol. The smallest absolute Gasteiger partial charge is 0.132 e. The lowest BCUT2D eigenvalue weighted by atomic mass is 9.99.